The normalized spacial score (nSPS) is 10.2. The number of benzene rings is 1. The zero-order valence-electron chi connectivity index (χ0n) is 12.8. The van der Waals surface area contributed by atoms with E-state index in [1.165, 1.54) is 19.4 Å². The van der Waals surface area contributed by atoms with Gasteiger partial charge in [-0.15, -0.1) is 0 Å². The second-order valence-corrected chi connectivity index (χ2v) is 4.82. The van der Waals surface area contributed by atoms with Crippen molar-refractivity contribution in [3.05, 3.63) is 66.1 Å². The van der Waals surface area contributed by atoms with Gasteiger partial charge in [-0.05, 0) is 42.5 Å². The van der Waals surface area contributed by atoms with Gasteiger partial charge in [-0.2, -0.15) is 0 Å². The summed E-state index contributed by atoms with van der Waals surface area (Å²) in [5.74, 6) is 1.24. The van der Waals surface area contributed by atoms with E-state index in [2.05, 4.69) is 9.72 Å². The average molecular weight is 323 g/mol. The first-order valence-electron chi connectivity index (χ1n) is 7.07. The van der Waals surface area contributed by atoms with E-state index in [4.69, 9.17) is 9.15 Å². The van der Waals surface area contributed by atoms with Crippen LogP contribution >= 0.6 is 0 Å². The van der Waals surface area contributed by atoms with Crippen LogP contribution in [0.1, 0.15) is 20.9 Å². The number of aldehydes is 1. The zero-order chi connectivity index (χ0) is 16.9. The first kappa shape index (κ1) is 15.5. The molecule has 6 heteroatoms. The second-order valence-electron chi connectivity index (χ2n) is 4.82. The van der Waals surface area contributed by atoms with Crippen LogP contribution < -0.4 is 4.74 Å². The van der Waals surface area contributed by atoms with Gasteiger partial charge < -0.3 is 13.9 Å². The molecule has 0 unspecified atom stereocenters. The summed E-state index contributed by atoms with van der Waals surface area (Å²) in [5, 5.41) is 0. The van der Waals surface area contributed by atoms with Crippen LogP contribution in [0, 0.1) is 0 Å². The highest BCUT2D eigenvalue weighted by atomic mass is 16.5. The molecule has 0 atom stereocenters. The van der Waals surface area contributed by atoms with E-state index in [0.29, 0.717) is 23.4 Å². The molecule has 0 saturated carbocycles. The number of nitrogens with zero attached hydrogens (tertiary/aromatic N) is 1. The third-order valence-electron chi connectivity index (χ3n) is 3.26. The molecule has 0 aliphatic heterocycles. The molecule has 6 nitrogen and oxygen atoms in total. The van der Waals surface area contributed by atoms with Gasteiger partial charge in [0.15, 0.2) is 12.0 Å². The third-order valence-corrected chi connectivity index (χ3v) is 3.26. The maximum absolute atomic E-state index is 11.5. The van der Waals surface area contributed by atoms with Crippen LogP contribution in [-0.2, 0) is 4.74 Å². The first-order chi connectivity index (χ1) is 11.7. The van der Waals surface area contributed by atoms with Gasteiger partial charge >= 0.3 is 5.97 Å². The molecule has 0 fully saturated rings. The van der Waals surface area contributed by atoms with Crippen LogP contribution in [-0.4, -0.2) is 24.3 Å². The molecule has 1 aromatic carbocycles. The Morgan fingerprint density at radius 3 is 2.58 bits per heavy atom. The minimum Gasteiger partial charge on any atom is -0.465 e. The Balaban J connectivity index is 1.77. The number of furan rings is 1. The summed E-state index contributed by atoms with van der Waals surface area (Å²) < 4.78 is 15.6. The summed E-state index contributed by atoms with van der Waals surface area (Å²) in [6.07, 6.45) is 2.13. The van der Waals surface area contributed by atoms with Gasteiger partial charge in [0.05, 0.1) is 12.7 Å². The lowest BCUT2D eigenvalue weighted by Crippen LogP contribution is -2.01. The van der Waals surface area contributed by atoms with Crippen molar-refractivity contribution in [2.45, 2.75) is 0 Å². The van der Waals surface area contributed by atoms with Gasteiger partial charge in [0.2, 0.25) is 5.88 Å². The highest BCUT2D eigenvalue weighted by Crippen LogP contribution is 2.26. The van der Waals surface area contributed by atoms with E-state index in [0.717, 1.165) is 5.56 Å². The molecule has 24 heavy (non-hydrogen) atoms. The number of hydrogen-bond acceptors (Lipinski definition) is 6. The predicted molar refractivity (Wildman–Crippen MR) is 85.2 cm³/mol. The topological polar surface area (TPSA) is 78.6 Å². The Bertz CT molecular complexity index is 867. The Hall–Kier alpha value is -3.41. The van der Waals surface area contributed by atoms with Gasteiger partial charge in [-0.25, -0.2) is 9.78 Å². The summed E-state index contributed by atoms with van der Waals surface area (Å²) in [5.41, 5.74) is 1.17. The Morgan fingerprint density at radius 2 is 1.92 bits per heavy atom. The minimum absolute atomic E-state index is 0.272. The van der Waals surface area contributed by atoms with Crippen molar-refractivity contribution in [1.29, 1.82) is 0 Å². The largest absolute Gasteiger partial charge is 0.465 e. The molecule has 0 radical (unpaired) electrons. The van der Waals surface area contributed by atoms with Gasteiger partial charge in [-0.3, -0.25) is 4.79 Å². The zero-order valence-corrected chi connectivity index (χ0v) is 12.8. The van der Waals surface area contributed by atoms with Crippen LogP contribution in [0.25, 0.3) is 11.3 Å². The molecule has 0 aliphatic carbocycles. The van der Waals surface area contributed by atoms with Crippen LogP contribution in [0.5, 0.6) is 11.6 Å². The Morgan fingerprint density at radius 1 is 1.12 bits per heavy atom. The number of methoxy groups -OCH3 is 1. The van der Waals surface area contributed by atoms with Crippen molar-refractivity contribution in [3.63, 3.8) is 0 Å². The number of esters is 1. The van der Waals surface area contributed by atoms with Gasteiger partial charge in [0.1, 0.15) is 11.5 Å². The summed E-state index contributed by atoms with van der Waals surface area (Å²) in [7, 11) is 1.31. The number of aromatic nitrogens is 1. The maximum atomic E-state index is 11.5. The molecular formula is C18H13NO5. The molecular weight excluding hydrogens is 310 g/mol. The van der Waals surface area contributed by atoms with E-state index in [9.17, 15) is 9.59 Å². The van der Waals surface area contributed by atoms with Crippen molar-refractivity contribution >= 4 is 12.3 Å². The Kier molecular flexibility index (Phi) is 4.38. The quantitative estimate of drug-likeness (QED) is 0.526. The third kappa shape index (κ3) is 3.33. The fourth-order valence-electron chi connectivity index (χ4n) is 2.09. The number of pyridine rings is 1. The number of carbonyl (C=O) groups excluding carboxylic acids is 2. The number of hydrogen-bond donors (Lipinski definition) is 0. The van der Waals surface area contributed by atoms with E-state index in [1.807, 2.05) is 0 Å². The van der Waals surface area contributed by atoms with Crippen molar-refractivity contribution in [3.8, 4) is 23.0 Å². The van der Waals surface area contributed by atoms with Crippen molar-refractivity contribution in [1.82, 2.24) is 4.98 Å². The molecule has 2 aromatic heterocycles. The number of ether oxygens (including phenoxy) is 2. The van der Waals surface area contributed by atoms with E-state index >= 15 is 0 Å². The molecule has 3 aromatic rings. The van der Waals surface area contributed by atoms with Gasteiger partial charge in [0, 0.05) is 17.8 Å². The molecule has 120 valence electrons. The van der Waals surface area contributed by atoms with Crippen molar-refractivity contribution < 1.29 is 23.5 Å². The molecule has 0 N–H and O–H groups in total. The predicted octanol–water partition coefficient (Wildman–Crippen LogP) is 3.73. The number of rotatable bonds is 5. The van der Waals surface area contributed by atoms with E-state index < -0.39 is 5.97 Å². The molecule has 0 aliphatic rings. The standard InChI is InChI=1S/C18H13NO5/c1-22-18(21)13-8-9-19-17(10-13)24-14-4-2-12(3-5-14)16-7-6-15(11-20)23-16/h2-11H,1H3. The van der Waals surface area contributed by atoms with Crippen molar-refractivity contribution in [2.24, 2.45) is 0 Å². The van der Waals surface area contributed by atoms with E-state index in [-0.39, 0.29) is 11.6 Å². The highest BCUT2D eigenvalue weighted by molar-refractivity contribution is 5.89. The lowest BCUT2D eigenvalue weighted by atomic mass is 10.2. The molecule has 0 amide bonds. The summed E-state index contributed by atoms with van der Waals surface area (Å²) in [6.45, 7) is 0. The molecule has 0 spiro atoms. The molecule has 0 bridgehead atoms. The summed E-state index contributed by atoms with van der Waals surface area (Å²) >= 11 is 0. The number of carbonyl (C=O) groups is 2. The Labute approximate surface area is 137 Å². The molecule has 3 rings (SSSR count). The fourth-order valence-corrected chi connectivity index (χ4v) is 2.09. The SMILES string of the molecule is COC(=O)c1ccnc(Oc2ccc(-c3ccc(C=O)o3)cc2)c1. The monoisotopic (exact) mass is 323 g/mol. The minimum atomic E-state index is -0.457. The molecule has 0 saturated heterocycles. The van der Waals surface area contributed by atoms with E-state index in [1.54, 1.807) is 42.5 Å². The lowest BCUT2D eigenvalue weighted by molar-refractivity contribution is 0.0600. The van der Waals surface area contributed by atoms with Crippen LogP contribution in [0.2, 0.25) is 0 Å². The highest BCUT2D eigenvalue weighted by Gasteiger charge is 2.09. The average Bonchev–Trinajstić information content (AvgIpc) is 3.11. The fraction of sp³-hybridized carbons (Fsp3) is 0.0556. The van der Waals surface area contributed by atoms with Crippen LogP contribution in [0.15, 0.2) is 59.1 Å². The van der Waals surface area contributed by atoms with Gasteiger partial charge in [0.25, 0.3) is 0 Å². The van der Waals surface area contributed by atoms with Crippen molar-refractivity contribution in [2.75, 3.05) is 7.11 Å². The van der Waals surface area contributed by atoms with Crippen LogP contribution in [0.4, 0.5) is 0 Å². The summed E-state index contributed by atoms with van der Waals surface area (Å²) in [4.78, 5) is 26.2. The smallest absolute Gasteiger partial charge is 0.338 e. The second kappa shape index (κ2) is 6.78. The lowest BCUT2D eigenvalue weighted by Gasteiger charge is -2.06. The van der Waals surface area contributed by atoms with Gasteiger partial charge in [-0.1, -0.05) is 0 Å². The maximum Gasteiger partial charge on any atom is 0.338 e. The first-order valence-corrected chi connectivity index (χ1v) is 7.07. The summed E-state index contributed by atoms with van der Waals surface area (Å²) in [6, 6.07) is 13.5. The van der Waals surface area contributed by atoms with Crippen LogP contribution in [0.3, 0.4) is 0 Å². The molecule has 2 heterocycles.